The fraction of sp³-hybridized carbons (Fsp3) is 0.636. The molecule has 1 saturated heterocycles. The number of carboxylic acid groups (broad SMARTS) is 1. The van der Waals surface area contributed by atoms with Crippen molar-refractivity contribution in [3.8, 4) is 0 Å². The van der Waals surface area contributed by atoms with E-state index in [9.17, 15) is 9.59 Å². The summed E-state index contributed by atoms with van der Waals surface area (Å²) >= 11 is 0. The van der Waals surface area contributed by atoms with E-state index in [1.165, 1.54) is 10.9 Å². The number of aromatic nitrogens is 3. The van der Waals surface area contributed by atoms with Gasteiger partial charge in [-0.2, -0.15) is 0 Å². The van der Waals surface area contributed by atoms with Crippen LogP contribution in [0.2, 0.25) is 0 Å². The van der Waals surface area contributed by atoms with Crippen LogP contribution in [-0.4, -0.2) is 63.1 Å². The van der Waals surface area contributed by atoms with Gasteiger partial charge < -0.3 is 21.1 Å². The van der Waals surface area contributed by atoms with Crippen molar-refractivity contribution in [1.29, 1.82) is 0 Å². The minimum Gasteiger partial charge on any atom is -0.481 e. The van der Waals surface area contributed by atoms with Crippen molar-refractivity contribution in [2.45, 2.75) is 19.0 Å². The Morgan fingerprint density at radius 3 is 2.70 bits per heavy atom. The molecule has 2 rings (SSSR count). The predicted octanol–water partition coefficient (Wildman–Crippen LogP) is -1.82. The molecule has 0 unspecified atom stereocenters. The second-order valence-corrected chi connectivity index (χ2v) is 4.58. The average molecular weight is 282 g/mol. The van der Waals surface area contributed by atoms with E-state index < -0.39 is 12.0 Å². The summed E-state index contributed by atoms with van der Waals surface area (Å²) < 4.78 is 1.29. The van der Waals surface area contributed by atoms with Crippen molar-refractivity contribution in [2.75, 3.05) is 26.2 Å². The van der Waals surface area contributed by atoms with E-state index in [-0.39, 0.29) is 18.9 Å². The molecule has 1 atom stereocenters. The third-order valence-electron chi connectivity index (χ3n) is 3.17. The zero-order valence-corrected chi connectivity index (χ0v) is 11.0. The maximum absolute atomic E-state index is 12.4. The lowest BCUT2D eigenvalue weighted by atomic mass is 10.1. The lowest BCUT2D eigenvalue weighted by molar-refractivity contribution is -0.144. The largest absolute Gasteiger partial charge is 0.481 e. The van der Waals surface area contributed by atoms with Gasteiger partial charge in [0.25, 0.3) is 0 Å². The molecule has 2 heterocycles. The molecule has 0 bridgehead atoms. The van der Waals surface area contributed by atoms with E-state index in [0.717, 1.165) is 0 Å². The maximum atomic E-state index is 12.4. The van der Waals surface area contributed by atoms with Crippen molar-refractivity contribution in [3.05, 3.63) is 11.9 Å². The topological polar surface area (TPSA) is 126 Å². The van der Waals surface area contributed by atoms with Crippen LogP contribution in [0.25, 0.3) is 0 Å². The summed E-state index contributed by atoms with van der Waals surface area (Å²) in [5.74, 6) is -1.30. The van der Waals surface area contributed by atoms with E-state index in [1.807, 2.05) is 0 Å². The van der Waals surface area contributed by atoms with Crippen LogP contribution < -0.4 is 11.1 Å². The Morgan fingerprint density at radius 2 is 2.15 bits per heavy atom. The standard InChI is InChI=1S/C11H18N6O3/c12-6-8-7-17(15-14-8)9(5-10(18)19)11(20)16-3-1-13-2-4-16/h7,9,13H,1-6,12H2,(H,18,19)/t9-/m0/s1. The molecule has 20 heavy (non-hydrogen) atoms. The number of piperazine rings is 1. The van der Waals surface area contributed by atoms with Gasteiger partial charge in [0, 0.05) is 32.7 Å². The smallest absolute Gasteiger partial charge is 0.306 e. The number of rotatable bonds is 5. The van der Waals surface area contributed by atoms with Gasteiger partial charge in [0.05, 0.1) is 18.3 Å². The SMILES string of the molecule is NCc1cn([C@@H](CC(=O)O)C(=O)N2CCNCC2)nn1. The first kappa shape index (κ1) is 14.4. The highest BCUT2D eigenvalue weighted by Gasteiger charge is 2.29. The molecule has 0 aliphatic carbocycles. The van der Waals surface area contributed by atoms with Crippen LogP contribution in [0, 0.1) is 0 Å². The highest BCUT2D eigenvalue weighted by molar-refractivity contribution is 5.84. The summed E-state index contributed by atoms with van der Waals surface area (Å²) in [5, 5.41) is 19.7. The number of hydrogen-bond donors (Lipinski definition) is 3. The highest BCUT2D eigenvalue weighted by atomic mass is 16.4. The predicted molar refractivity (Wildman–Crippen MR) is 68.7 cm³/mol. The quantitative estimate of drug-likeness (QED) is 0.580. The number of aliphatic carboxylic acids is 1. The van der Waals surface area contributed by atoms with Gasteiger partial charge in [-0.25, -0.2) is 4.68 Å². The van der Waals surface area contributed by atoms with Gasteiger partial charge >= 0.3 is 5.97 Å². The van der Waals surface area contributed by atoms with E-state index in [2.05, 4.69) is 15.6 Å². The van der Waals surface area contributed by atoms with Crippen molar-refractivity contribution in [1.82, 2.24) is 25.2 Å². The number of hydrogen-bond acceptors (Lipinski definition) is 6. The third kappa shape index (κ3) is 3.31. The number of nitrogens with two attached hydrogens (primary N) is 1. The van der Waals surface area contributed by atoms with Crippen molar-refractivity contribution in [3.63, 3.8) is 0 Å². The van der Waals surface area contributed by atoms with E-state index in [1.54, 1.807) is 4.90 Å². The maximum Gasteiger partial charge on any atom is 0.306 e. The normalized spacial score (nSPS) is 16.9. The van der Waals surface area contributed by atoms with Gasteiger partial charge in [-0.3, -0.25) is 9.59 Å². The van der Waals surface area contributed by atoms with Gasteiger partial charge in [0.15, 0.2) is 0 Å². The Balaban J connectivity index is 2.17. The van der Waals surface area contributed by atoms with E-state index in [4.69, 9.17) is 10.8 Å². The van der Waals surface area contributed by atoms with Gasteiger partial charge in [-0.05, 0) is 0 Å². The number of carboxylic acids is 1. The van der Waals surface area contributed by atoms with Crippen LogP contribution in [0.3, 0.4) is 0 Å². The minimum atomic E-state index is -1.05. The lowest BCUT2D eigenvalue weighted by Gasteiger charge is -2.30. The molecule has 4 N–H and O–H groups in total. The van der Waals surface area contributed by atoms with Crippen molar-refractivity contribution < 1.29 is 14.7 Å². The molecule has 0 aromatic carbocycles. The zero-order chi connectivity index (χ0) is 14.5. The zero-order valence-electron chi connectivity index (χ0n) is 11.0. The lowest BCUT2D eigenvalue weighted by Crippen LogP contribution is -2.49. The van der Waals surface area contributed by atoms with Gasteiger partial charge in [0.1, 0.15) is 6.04 Å². The van der Waals surface area contributed by atoms with Gasteiger partial charge in [-0.1, -0.05) is 5.21 Å². The molecule has 1 aromatic heterocycles. The molecular formula is C11H18N6O3. The van der Waals surface area contributed by atoms with Crippen LogP contribution in [0.5, 0.6) is 0 Å². The Kier molecular flexibility index (Phi) is 4.64. The second-order valence-electron chi connectivity index (χ2n) is 4.58. The molecule has 0 spiro atoms. The first-order valence-corrected chi connectivity index (χ1v) is 6.44. The molecule has 1 fully saturated rings. The van der Waals surface area contributed by atoms with E-state index >= 15 is 0 Å². The second kappa shape index (κ2) is 6.44. The van der Waals surface area contributed by atoms with Crippen LogP contribution in [0.1, 0.15) is 18.2 Å². The molecule has 9 heteroatoms. The van der Waals surface area contributed by atoms with Crippen molar-refractivity contribution >= 4 is 11.9 Å². The molecule has 0 saturated carbocycles. The summed E-state index contributed by atoms with van der Waals surface area (Å²) in [6.45, 7) is 2.73. The summed E-state index contributed by atoms with van der Waals surface area (Å²) in [7, 11) is 0. The summed E-state index contributed by atoms with van der Waals surface area (Å²) in [6.07, 6.45) is 1.20. The van der Waals surface area contributed by atoms with E-state index in [0.29, 0.717) is 31.9 Å². The Labute approximate surface area is 115 Å². The Bertz CT molecular complexity index is 482. The van der Waals surface area contributed by atoms with Gasteiger partial charge in [-0.15, -0.1) is 5.10 Å². The number of carbonyl (C=O) groups excluding carboxylic acids is 1. The first-order valence-electron chi connectivity index (χ1n) is 6.44. The monoisotopic (exact) mass is 282 g/mol. The number of nitrogens with one attached hydrogen (secondary N) is 1. The fourth-order valence-electron chi connectivity index (χ4n) is 2.11. The summed E-state index contributed by atoms with van der Waals surface area (Å²) in [5.41, 5.74) is 5.97. The number of nitrogens with zero attached hydrogens (tertiary/aromatic N) is 4. The van der Waals surface area contributed by atoms with Crippen LogP contribution in [0.15, 0.2) is 6.20 Å². The van der Waals surface area contributed by atoms with Crippen LogP contribution in [-0.2, 0) is 16.1 Å². The third-order valence-corrected chi connectivity index (χ3v) is 3.17. The van der Waals surface area contributed by atoms with Crippen LogP contribution in [0.4, 0.5) is 0 Å². The molecule has 0 radical (unpaired) electrons. The molecule has 1 aliphatic heterocycles. The van der Waals surface area contributed by atoms with Crippen LogP contribution >= 0.6 is 0 Å². The Hall–Kier alpha value is -2.00. The average Bonchev–Trinajstić information content (AvgIpc) is 2.93. The number of carbonyl (C=O) groups is 2. The highest BCUT2D eigenvalue weighted by Crippen LogP contribution is 2.15. The Morgan fingerprint density at radius 1 is 1.45 bits per heavy atom. The molecule has 1 amide bonds. The number of amides is 1. The molecule has 1 aliphatic rings. The minimum absolute atomic E-state index is 0.196. The molecule has 110 valence electrons. The fourth-order valence-corrected chi connectivity index (χ4v) is 2.11. The first-order chi connectivity index (χ1) is 9.61. The molecule has 9 nitrogen and oxygen atoms in total. The molecule has 1 aromatic rings. The van der Waals surface area contributed by atoms with Gasteiger partial charge in [0.2, 0.25) is 5.91 Å². The van der Waals surface area contributed by atoms with Crippen molar-refractivity contribution in [2.24, 2.45) is 5.73 Å². The summed E-state index contributed by atoms with van der Waals surface area (Å²) in [4.78, 5) is 25.1. The molecular weight excluding hydrogens is 264 g/mol. The summed E-state index contributed by atoms with van der Waals surface area (Å²) in [6, 6.07) is -0.876.